The van der Waals surface area contributed by atoms with E-state index < -0.39 is 11.4 Å². The smallest absolute Gasteiger partial charge is 0.310 e. The van der Waals surface area contributed by atoms with Crippen LogP contribution in [0, 0.1) is 10.8 Å². The highest BCUT2D eigenvalue weighted by molar-refractivity contribution is 5.74. The molecule has 1 unspecified atom stereocenters. The summed E-state index contributed by atoms with van der Waals surface area (Å²) in [4.78, 5) is 13.3. The Kier molecular flexibility index (Phi) is 2.91. The number of aliphatic carboxylic acids is 1. The highest BCUT2D eigenvalue weighted by Gasteiger charge is 2.40. The molecule has 1 aliphatic rings. The van der Waals surface area contributed by atoms with E-state index >= 15 is 0 Å². The van der Waals surface area contributed by atoms with Crippen molar-refractivity contribution >= 4 is 5.97 Å². The first-order valence-corrected chi connectivity index (χ1v) is 5.25. The summed E-state index contributed by atoms with van der Waals surface area (Å²) in [6, 6.07) is 0. The molecule has 1 heterocycles. The monoisotopic (exact) mass is 199 g/mol. The molecule has 1 rings (SSSR count). The third-order valence-electron chi connectivity index (χ3n) is 3.17. The van der Waals surface area contributed by atoms with Gasteiger partial charge in [-0.3, -0.25) is 4.79 Å². The Bertz CT molecular complexity index is 229. The summed E-state index contributed by atoms with van der Waals surface area (Å²) in [6.45, 7) is 10.9. The zero-order valence-electron chi connectivity index (χ0n) is 9.63. The van der Waals surface area contributed by atoms with Gasteiger partial charge in [0.25, 0.3) is 0 Å². The van der Waals surface area contributed by atoms with Crippen molar-refractivity contribution in [2.24, 2.45) is 10.8 Å². The second-order valence-corrected chi connectivity index (χ2v) is 5.53. The lowest BCUT2D eigenvalue weighted by Gasteiger charge is -2.48. The predicted octanol–water partition coefficient (Wildman–Crippen LogP) is 1.83. The van der Waals surface area contributed by atoms with Crippen LogP contribution in [-0.4, -0.2) is 35.6 Å². The fraction of sp³-hybridized carbons (Fsp3) is 0.909. The molecule has 0 aliphatic carbocycles. The summed E-state index contributed by atoms with van der Waals surface area (Å²) >= 11 is 0. The molecule has 0 bridgehead atoms. The van der Waals surface area contributed by atoms with Gasteiger partial charge in [-0.2, -0.15) is 0 Å². The maximum atomic E-state index is 11.1. The van der Waals surface area contributed by atoms with Crippen LogP contribution in [0.15, 0.2) is 0 Å². The van der Waals surface area contributed by atoms with Gasteiger partial charge in [-0.25, -0.2) is 0 Å². The Morgan fingerprint density at radius 3 is 2.29 bits per heavy atom. The number of rotatable bonds is 4. The average molecular weight is 199 g/mol. The maximum Gasteiger partial charge on any atom is 0.310 e. The molecule has 1 fully saturated rings. The summed E-state index contributed by atoms with van der Waals surface area (Å²) in [5.74, 6) is -0.676. The van der Waals surface area contributed by atoms with Crippen molar-refractivity contribution < 1.29 is 9.90 Å². The highest BCUT2D eigenvalue weighted by Crippen LogP contribution is 2.33. The molecule has 0 spiro atoms. The first-order valence-electron chi connectivity index (χ1n) is 5.25. The molecule has 0 saturated carbocycles. The Morgan fingerprint density at radius 1 is 1.50 bits per heavy atom. The lowest BCUT2D eigenvalue weighted by atomic mass is 9.80. The second-order valence-electron chi connectivity index (χ2n) is 5.53. The van der Waals surface area contributed by atoms with E-state index in [1.807, 2.05) is 13.8 Å². The fourth-order valence-electron chi connectivity index (χ4n) is 2.10. The van der Waals surface area contributed by atoms with Gasteiger partial charge in [-0.1, -0.05) is 20.8 Å². The molecule has 0 aromatic heterocycles. The normalized spacial score (nSPS) is 25.1. The molecule has 1 saturated heterocycles. The van der Waals surface area contributed by atoms with E-state index in [0.29, 0.717) is 18.4 Å². The van der Waals surface area contributed by atoms with E-state index in [0.717, 1.165) is 13.1 Å². The van der Waals surface area contributed by atoms with Gasteiger partial charge < -0.3 is 10.0 Å². The molecule has 14 heavy (non-hydrogen) atoms. The van der Waals surface area contributed by atoms with Crippen LogP contribution in [0.5, 0.6) is 0 Å². The minimum atomic E-state index is -0.676. The van der Waals surface area contributed by atoms with Gasteiger partial charge in [-0.05, 0) is 18.8 Å². The molecule has 0 aromatic rings. The zero-order chi connectivity index (χ0) is 11.0. The van der Waals surface area contributed by atoms with Gasteiger partial charge >= 0.3 is 5.97 Å². The van der Waals surface area contributed by atoms with Crippen LogP contribution >= 0.6 is 0 Å². The number of likely N-dealkylation sites (tertiary alicyclic amines) is 1. The van der Waals surface area contributed by atoms with Gasteiger partial charge in [0.05, 0.1) is 5.41 Å². The molecule has 0 radical (unpaired) electrons. The summed E-state index contributed by atoms with van der Waals surface area (Å²) in [5, 5.41) is 9.10. The van der Waals surface area contributed by atoms with Gasteiger partial charge in [0.15, 0.2) is 0 Å². The summed E-state index contributed by atoms with van der Waals surface area (Å²) in [5.41, 5.74) is -0.191. The van der Waals surface area contributed by atoms with E-state index in [1.54, 1.807) is 0 Å². The number of hydrogen-bond acceptors (Lipinski definition) is 2. The Balaban J connectivity index is 2.48. The van der Waals surface area contributed by atoms with Gasteiger partial charge in [0.2, 0.25) is 0 Å². The minimum Gasteiger partial charge on any atom is -0.481 e. The van der Waals surface area contributed by atoms with Crippen molar-refractivity contribution in [1.29, 1.82) is 0 Å². The summed E-state index contributed by atoms with van der Waals surface area (Å²) in [6.07, 6.45) is 0.694. The molecule has 0 aromatic carbocycles. The molecule has 3 heteroatoms. The Hall–Kier alpha value is -0.570. The standard InChI is InChI=1S/C11H21NO2/c1-5-11(4,9(13)14)8-12-6-10(2,3)7-12/h5-8H2,1-4H3,(H,13,14). The van der Waals surface area contributed by atoms with Crippen LogP contribution in [0.25, 0.3) is 0 Å². The quantitative estimate of drug-likeness (QED) is 0.751. The van der Waals surface area contributed by atoms with Crippen molar-refractivity contribution in [2.75, 3.05) is 19.6 Å². The molecule has 1 aliphatic heterocycles. The van der Waals surface area contributed by atoms with Gasteiger partial charge in [-0.15, -0.1) is 0 Å². The van der Waals surface area contributed by atoms with Crippen molar-refractivity contribution in [3.8, 4) is 0 Å². The average Bonchev–Trinajstić information content (AvgIpc) is 2.00. The van der Waals surface area contributed by atoms with Crippen molar-refractivity contribution in [3.63, 3.8) is 0 Å². The van der Waals surface area contributed by atoms with Crippen LogP contribution < -0.4 is 0 Å². The molecule has 82 valence electrons. The van der Waals surface area contributed by atoms with Crippen LogP contribution in [0.1, 0.15) is 34.1 Å². The third-order valence-corrected chi connectivity index (χ3v) is 3.17. The number of hydrogen-bond donors (Lipinski definition) is 1. The van der Waals surface area contributed by atoms with E-state index in [1.165, 1.54) is 0 Å². The van der Waals surface area contributed by atoms with Crippen LogP contribution in [0.3, 0.4) is 0 Å². The zero-order valence-corrected chi connectivity index (χ0v) is 9.63. The maximum absolute atomic E-state index is 11.1. The van der Waals surface area contributed by atoms with E-state index in [-0.39, 0.29) is 0 Å². The third kappa shape index (κ3) is 2.27. The predicted molar refractivity (Wildman–Crippen MR) is 56.3 cm³/mol. The molecule has 0 amide bonds. The molecule has 1 N–H and O–H groups in total. The molecular formula is C11H21NO2. The van der Waals surface area contributed by atoms with E-state index in [9.17, 15) is 4.79 Å². The Morgan fingerprint density at radius 2 is 2.00 bits per heavy atom. The topological polar surface area (TPSA) is 40.5 Å². The van der Waals surface area contributed by atoms with Crippen LogP contribution in [0.2, 0.25) is 0 Å². The van der Waals surface area contributed by atoms with Crippen molar-refractivity contribution in [3.05, 3.63) is 0 Å². The minimum absolute atomic E-state index is 0.382. The first kappa shape index (κ1) is 11.5. The number of carboxylic acid groups (broad SMARTS) is 1. The van der Waals surface area contributed by atoms with Crippen molar-refractivity contribution in [2.45, 2.75) is 34.1 Å². The van der Waals surface area contributed by atoms with Gasteiger partial charge in [0, 0.05) is 19.6 Å². The number of nitrogens with zero attached hydrogens (tertiary/aromatic N) is 1. The second kappa shape index (κ2) is 3.54. The lowest BCUT2D eigenvalue weighted by Crippen LogP contribution is -2.56. The molecule has 1 atom stereocenters. The number of carbonyl (C=O) groups is 1. The highest BCUT2D eigenvalue weighted by atomic mass is 16.4. The molecule has 3 nitrogen and oxygen atoms in total. The van der Waals surface area contributed by atoms with Gasteiger partial charge in [0.1, 0.15) is 0 Å². The van der Waals surface area contributed by atoms with Crippen LogP contribution in [0.4, 0.5) is 0 Å². The number of carboxylic acids is 1. The summed E-state index contributed by atoms with van der Waals surface area (Å²) < 4.78 is 0. The summed E-state index contributed by atoms with van der Waals surface area (Å²) in [7, 11) is 0. The first-order chi connectivity index (χ1) is 6.29. The SMILES string of the molecule is CCC(C)(CN1CC(C)(C)C1)C(=O)O. The largest absolute Gasteiger partial charge is 0.481 e. The van der Waals surface area contributed by atoms with Crippen LogP contribution in [-0.2, 0) is 4.79 Å². The Labute approximate surface area is 86.1 Å². The van der Waals surface area contributed by atoms with E-state index in [2.05, 4.69) is 18.7 Å². The van der Waals surface area contributed by atoms with E-state index in [4.69, 9.17) is 5.11 Å². The van der Waals surface area contributed by atoms with Crippen molar-refractivity contribution in [1.82, 2.24) is 4.90 Å². The lowest BCUT2D eigenvalue weighted by molar-refractivity contribution is -0.151. The fourth-order valence-corrected chi connectivity index (χ4v) is 2.10. The molecular weight excluding hydrogens is 178 g/mol.